The van der Waals surface area contributed by atoms with Gasteiger partial charge in [-0.05, 0) is 18.9 Å². The molecule has 0 radical (unpaired) electrons. The molecule has 116 valence electrons. The number of ether oxygens (including phenoxy) is 1. The number of rotatable bonds is 2. The molecule has 1 saturated carbocycles. The SMILES string of the molecule is O=C(C1CCC1)N1C[C@@H]2c3ccccc3OC[C@]2(C(=O)O)C1. The van der Waals surface area contributed by atoms with Gasteiger partial charge in [-0.3, -0.25) is 9.59 Å². The first-order chi connectivity index (χ1) is 10.6. The topological polar surface area (TPSA) is 66.8 Å². The lowest BCUT2D eigenvalue weighted by molar-refractivity contribution is -0.152. The van der Waals surface area contributed by atoms with Crippen LogP contribution in [-0.2, 0) is 9.59 Å². The van der Waals surface area contributed by atoms with Crippen molar-refractivity contribution in [2.24, 2.45) is 11.3 Å². The standard InChI is InChI=1S/C17H19NO4/c19-15(11-4-3-5-11)18-8-13-12-6-1-2-7-14(12)22-10-17(13,9-18)16(20)21/h1-2,6-7,11,13H,3-5,8-10H2,(H,20,21)/t13-,17-/m1/s1. The third-order valence-corrected chi connectivity index (χ3v) is 5.51. The van der Waals surface area contributed by atoms with Gasteiger partial charge in [-0.1, -0.05) is 24.6 Å². The van der Waals surface area contributed by atoms with E-state index < -0.39 is 11.4 Å². The van der Waals surface area contributed by atoms with Crippen molar-refractivity contribution in [3.05, 3.63) is 29.8 Å². The molecule has 0 aromatic heterocycles. The minimum absolute atomic E-state index is 0.0992. The number of likely N-dealkylation sites (tertiary alicyclic amines) is 1. The van der Waals surface area contributed by atoms with Gasteiger partial charge >= 0.3 is 5.97 Å². The molecule has 5 heteroatoms. The van der Waals surface area contributed by atoms with E-state index in [2.05, 4.69) is 0 Å². The van der Waals surface area contributed by atoms with Crippen LogP contribution >= 0.6 is 0 Å². The van der Waals surface area contributed by atoms with Gasteiger partial charge < -0.3 is 14.7 Å². The number of para-hydroxylation sites is 1. The highest BCUT2D eigenvalue weighted by molar-refractivity contribution is 5.84. The number of hydrogen-bond donors (Lipinski definition) is 1. The van der Waals surface area contributed by atoms with Crippen LogP contribution in [0, 0.1) is 11.3 Å². The van der Waals surface area contributed by atoms with Crippen LogP contribution < -0.4 is 4.74 Å². The second-order valence-corrected chi connectivity index (χ2v) is 6.69. The van der Waals surface area contributed by atoms with Crippen molar-refractivity contribution in [3.8, 4) is 5.75 Å². The smallest absolute Gasteiger partial charge is 0.315 e. The first-order valence-corrected chi connectivity index (χ1v) is 7.86. The van der Waals surface area contributed by atoms with E-state index in [4.69, 9.17) is 4.74 Å². The van der Waals surface area contributed by atoms with Gasteiger partial charge in [0, 0.05) is 30.5 Å². The van der Waals surface area contributed by atoms with Gasteiger partial charge in [0.1, 0.15) is 17.8 Å². The number of fused-ring (bicyclic) bond motifs is 3. The normalized spacial score (nSPS) is 30.0. The zero-order valence-corrected chi connectivity index (χ0v) is 12.3. The predicted octanol–water partition coefficient (Wildman–Crippen LogP) is 1.88. The number of carboxylic acids is 1. The molecule has 3 aliphatic rings. The fourth-order valence-electron chi connectivity index (χ4n) is 3.92. The molecule has 1 aromatic carbocycles. The van der Waals surface area contributed by atoms with Crippen LogP contribution in [0.2, 0.25) is 0 Å². The van der Waals surface area contributed by atoms with Crippen molar-refractivity contribution in [2.75, 3.05) is 19.7 Å². The minimum atomic E-state index is -1.01. The Morgan fingerprint density at radius 3 is 2.73 bits per heavy atom. The number of benzene rings is 1. The van der Waals surface area contributed by atoms with Crippen molar-refractivity contribution in [1.29, 1.82) is 0 Å². The average molecular weight is 301 g/mol. The summed E-state index contributed by atoms with van der Waals surface area (Å²) in [6.07, 6.45) is 2.98. The maximum atomic E-state index is 12.5. The first kappa shape index (κ1) is 13.6. The summed E-state index contributed by atoms with van der Waals surface area (Å²) < 4.78 is 5.71. The fraction of sp³-hybridized carbons (Fsp3) is 0.529. The van der Waals surface area contributed by atoms with Gasteiger partial charge in [-0.25, -0.2) is 0 Å². The first-order valence-electron chi connectivity index (χ1n) is 7.86. The second-order valence-electron chi connectivity index (χ2n) is 6.69. The van der Waals surface area contributed by atoms with E-state index in [1.165, 1.54) is 0 Å². The molecule has 2 atom stereocenters. The highest BCUT2D eigenvalue weighted by Crippen LogP contribution is 2.50. The highest BCUT2D eigenvalue weighted by atomic mass is 16.5. The van der Waals surface area contributed by atoms with E-state index in [1.54, 1.807) is 4.90 Å². The number of carbonyl (C=O) groups is 2. The zero-order valence-electron chi connectivity index (χ0n) is 12.3. The monoisotopic (exact) mass is 301 g/mol. The Labute approximate surface area is 128 Å². The van der Waals surface area contributed by atoms with Gasteiger partial charge in [0.15, 0.2) is 0 Å². The summed E-state index contributed by atoms with van der Waals surface area (Å²) in [7, 11) is 0. The Bertz CT molecular complexity index is 639. The van der Waals surface area contributed by atoms with Crippen LogP contribution in [0.1, 0.15) is 30.7 Å². The molecule has 0 bridgehead atoms. The van der Waals surface area contributed by atoms with Crippen LogP contribution in [0.25, 0.3) is 0 Å². The fourth-order valence-corrected chi connectivity index (χ4v) is 3.92. The average Bonchev–Trinajstić information content (AvgIpc) is 2.87. The molecule has 5 nitrogen and oxygen atoms in total. The Kier molecular flexibility index (Phi) is 2.93. The molecule has 2 fully saturated rings. The van der Waals surface area contributed by atoms with Crippen LogP contribution in [0.3, 0.4) is 0 Å². The van der Waals surface area contributed by atoms with Crippen molar-refractivity contribution < 1.29 is 19.4 Å². The molecule has 2 aliphatic heterocycles. The van der Waals surface area contributed by atoms with Crippen LogP contribution in [0.5, 0.6) is 5.75 Å². The number of nitrogens with zero attached hydrogens (tertiary/aromatic N) is 1. The summed E-state index contributed by atoms with van der Waals surface area (Å²) in [6, 6.07) is 7.58. The number of hydrogen-bond acceptors (Lipinski definition) is 3. The predicted molar refractivity (Wildman–Crippen MR) is 78.7 cm³/mol. The number of carbonyl (C=O) groups excluding carboxylic acids is 1. The number of carboxylic acid groups (broad SMARTS) is 1. The lowest BCUT2D eigenvalue weighted by Gasteiger charge is -2.35. The van der Waals surface area contributed by atoms with Crippen molar-refractivity contribution in [2.45, 2.75) is 25.2 Å². The largest absolute Gasteiger partial charge is 0.492 e. The lowest BCUT2D eigenvalue weighted by atomic mass is 9.73. The third-order valence-electron chi connectivity index (χ3n) is 5.51. The molecule has 1 aliphatic carbocycles. The van der Waals surface area contributed by atoms with E-state index in [0.717, 1.165) is 30.6 Å². The molecule has 1 aromatic rings. The summed E-state index contributed by atoms with van der Waals surface area (Å²) in [6.45, 7) is 0.886. The molecule has 1 saturated heterocycles. The Balaban J connectivity index is 1.69. The van der Waals surface area contributed by atoms with Crippen LogP contribution in [0.4, 0.5) is 0 Å². The van der Waals surface area contributed by atoms with E-state index in [9.17, 15) is 14.7 Å². The molecule has 1 amide bonds. The third kappa shape index (κ3) is 1.77. The number of aliphatic carboxylic acids is 1. The Hall–Kier alpha value is -2.04. The van der Waals surface area contributed by atoms with Gasteiger partial charge in [0.25, 0.3) is 0 Å². The molecular weight excluding hydrogens is 282 g/mol. The Morgan fingerprint density at radius 1 is 1.27 bits per heavy atom. The quantitative estimate of drug-likeness (QED) is 0.905. The molecule has 4 rings (SSSR count). The molecule has 0 unspecified atom stereocenters. The lowest BCUT2D eigenvalue weighted by Crippen LogP contribution is -2.46. The summed E-state index contributed by atoms with van der Waals surface area (Å²) in [5.41, 5.74) is -0.0895. The molecule has 22 heavy (non-hydrogen) atoms. The van der Waals surface area contributed by atoms with Gasteiger partial charge in [0.2, 0.25) is 5.91 Å². The van der Waals surface area contributed by atoms with E-state index in [-0.39, 0.29) is 30.9 Å². The summed E-state index contributed by atoms with van der Waals surface area (Å²) >= 11 is 0. The zero-order chi connectivity index (χ0) is 15.3. The summed E-state index contributed by atoms with van der Waals surface area (Å²) in [4.78, 5) is 26.3. The minimum Gasteiger partial charge on any atom is -0.492 e. The van der Waals surface area contributed by atoms with Crippen molar-refractivity contribution in [1.82, 2.24) is 4.90 Å². The van der Waals surface area contributed by atoms with E-state index in [1.807, 2.05) is 24.3 Å². The highest BCUT2D eigenvalue weighted by Gasteiger charge is 2.58. The molecule has 0 spiro atoms. The van der Waals surface area contributed by atoms with Crippen molar-refractivity contribution >= 4 is 11.9 Å². The maximum absolute atomic E-state index is 12.5. The van der Waals surface area contributed by atoms with Gasteiger partial charge in [-0.15, -0.1) is 0 Å². The molecular formula is C17H19NO4. The Morgan fingerprint density at radius 2 is 2.05 bits per heavy atom. The van der Waals surface area contributed by atoms with Crippen molar-refractivity contribution in [3.63, 3.8) is 0 Å². The second kappa shape index (κ2) is 4.73. The maximum Gasteiger partial charge on any atom is 0.315 e. The van der Waals surface area contributed by atoms with E-state index in [0.29, 0.717) is 6.54 Å². The van der Waals surface area contributed by atoms with Crippen LogP contribution in [-0.4, -0.2) is 41.6 Å². The van der Waals surface area contributed by atoms with Gasteiger partial charge in [0.05, 0.1) is 0 Å². The molecule has 2 heterocycles. The summed E-state index contributed by atoms with van der Waals surface area (Å²) in [5, 5.41) is 9.82. The summed E-state index contributed by atoms with van der Waals surface area (Å²) in [5.74, 6) is -0.0712. The number of amides is 1. The van der Waals surface area contributed by atoms with Gasteiger partial charge in [-0.2, -0.15) is 0 Å². The van der Waals surface area contributed by atoms with Crippen LogP contribution in [0.15, 0.2) is 24.3 Å². The molecule has 1 N–H and O–H groups in total. The van der Waals surface area contributed by atoms with E-state index >= 15 is 0 Å².